The second-order valence-corrected chi connectivity index (χ2v) is 6.27. The largest absolute Gasteiger partial charge is 1.00 e. The van der Waals surface area contributed by atoms with Gasteiger partial charge in [-0.15, -0.1) is 0 Å². The van der Waals surface area contributed by atoms with Crippen molar-refractivity contribution in [1.29, 1.82) is 0 Å². The highest BCUT2D eigenvalue weighted by molar-refractivity contribution is 5.87. The molecule has 0 aliphatic heterocycles. The zero-order valence-corrected chi connectivity index (χ0v) is 16.3. The highest BCUT2D eigenvalue weighted by Gasteiger charge is 2.25. The minimum atomic E-state index is -0.751. The number of methoxy groups -OCH3 is 1. The van der Waals surface area contributed by atoms with Crippen LogP contribution >= 0.6 is 0 Å². The van der Waals surface area contributed by atoms with Crippen LogP contribution in [0.3, 0.4) is 0 Å². The van der Waals surface area contributed by atoms with Gasteiger partial charge in [-0.25, -0.2) is 4.79 Å². The van der Waals surface area contributed by atoms with Crippen LogP contribution in [0.1, 0.15) is 27.3 Å². The van der Waals surface area contributed by atoms with Crippen LogP contribution in [0.5, 0.6) is 5.75 Å². The van der Waals surface area contributed by atoms with E-state index in [1.165, 1.54) is 7.11 Å². The van der Waals surface area contributed by atoms with Gasteiger partial charge in [-0.3, -0.25) is 4.79 Å². The molecule has 6 nitrogen and oxygen atoms in total. The monoisotopic (exact) mass is 384 g/mol. The Hall–Kier alpha value is -2.05. The summed E-state index contributed by atoms with van der Waals surface area (Å²) in [6, 6.07) is 5.92. The summed E-state index contributed by atoms with van der Waals surface area (Å²) in [5, 5.41) is 2.68. The first-order valence-electron chi connectivity index (χ1n) is 8.33. The van der Waals surface area contributed by atoms with Crippen molar-refractivity contribution in [3.8, 4) is 5.75 Å². The van der Waals surface area contributed by atoms with Crippen molar-refractivity contribution in [1.82, 2.24) is 5.32 Å². The Kier molecular flexibility index (Phi) is 11.4. The quantitative estimate of drug-likeness (QED) is 0.396. The fraction of sp³-hybridized carbons (Fsp3) is 0.474. The minimum Gasteiger partial charge on any atom is -1.00 e. The van der Waals surface area contributed by atoms with Gasteiger partial charge in [0.2, 0.25) is 5.91 Å². The molecule has 3 N–H and O–H groups in total. The minimum absolute atomic E-state index is 0. The molecule has 0 aliphatic rings. The fourth-order valence-corrected chi connectivity index (χ4v) is 2.33. The molecule has 0 aliphatic carbocycles. The van der Waals surface area contributed by atoms with E-state index in [-0.39, 0.29) is 25.7 Å². The molecule has 0 unspecified atom stereocenters. The summed E-state index contributed by atoms with van der Waals surface area (Å²) >= 11 is 0. The standard InChI is InChI=1S/C19H28N2O4.ClH/c1-5-10-25-15-8-6-14(7-9-15)12-16(20)18(22)21-17(11-13(2)3)19(23)24-4;/h5-9,13,16-17H,1,10-12,20H2,2-4H3,(H,21,22);1H/t16-,17-;/m0./s1. The van der Waals surface area contributed by atoms with Crippen molar-refractivity contribution in [2.45, 2.75) is 38.8 Å². The number of carbonyl (C=O) groups excluding carboxylic acids is 2. The number of halogens is 1. The van der Waals surface area contributed by atoms with Crippen LogP contribution in [0.15, 0.2) is 36.9 Å². The van der Waals surface area contributed by atoms with Gasteiger partial charge in [0, 0.05) is 0 Å². The van der Waals surface area contributed by atoms with Crippen LogP contribution in [-0.4, -0.2) is 37.7 Å². The van der Waals surface area contributed by atoms with Crippen molar-refractivity contribution in [2.75, 3.05) is 13.7 Å². The number of rotatable bonds is 10. The van der Waals surface area contributed by atoms with Crippen molar-refractivity contribution in [2.24, 2.45) is 11.7 Å². The number of ether oxygens (including phenoxy) is 2. The fourth-order valence-electron chi connectivity index (χ4n) is 2.33. The zero-order chi connectivity index (χ0) is 18.8. The second kappa shape index (κ2) is 12.3. The Labute approximate surface area is 163 Å². The third-order valence-corrected chi connectivity index (χ3v) is 3.59. The summed E-state index contributed by atoms with van der Waals surface area (Å²) in [5.74, 6) is 0.133. The number of esters is 1. The second-order valence-electron chi connectivity index (χ2n) is 6.27. The van der Waals surface area contributed by atoms with Gasteiger partial charge in [0.25, 0.3) is 0 Å². The van der Waals surface area contributed by atoms with Gasteiger partial charge in [0.1, 0.15) is 18.4 Å². The predicted octanol–water partition coefficient (Wildman–Crippen LogP) is -1.06. The Morgan fingerprint density at radius 1 is 1.31 bits per heavy atom. The van der Waals surface area contributed by atoms with E-state index in [4.69, 9.17) is 15.2 Å². The lowest BCUT2D eigenvalue weighted by Crippen LogP contribution is -3.00. The predicted molar refractivity (Wildman–Crippen MR) is 98.3 cm³/mol. The van der Waals surface area contributed by atoms with Crippen LogP contribution in [0.2, 0.25) is 0 Å². The van der Waals surface area contributed by atoms with Crippen LogP contribution in [0, 0.1) is 5.92 Å². The lowest BCUT2D eigenvalue weighted by atomic mass is 10.0. The maximum Gasteiger partial charge on any atom is 1.00 e. The number of hydrogen-bond donors (Lipinski definition) is 2. The molecule has 0 heterocycles. The summed E-state index contributed by atoms with van der Waals surface area (Å²) in [4.78, 5) is 24.1. The molecule has 1 rings (SSSR count). The number of carbonyl (C=O) groups is 2. The molecule has 7 heteroatoms. The first kappa shape index (κ1) is 23.9. The number of nitrogens with one attached hydrogen (secondary N) is 1. The lowest BCUT2D eigenvalue weighted by molar-refractivity contribution is -0.145. The lowest BCUT2D eigenvalue weighted by Gasteiger charge is -2.20. The molecule has 1 aromatic carbocycles. The molecule has 0 radical (unpaired) electrons. The van der Waals surface area contributed by atoms with Crippen LogP contribution in [0.4, 0.5) is 0 Å². The maximum absolute atomic E-state index is 12.3. The molecule has 0 saturated carbocycles. The number of hydrogen-bond acceptors (Lipinski definition) is 5. The van der Waals surface area contributed by atoms with E-state index in [1.807, 2.05) is 38.1 Å². The van der Waals surface area contributed by atoms with Crippen LogP contribution in [-0.2, 0) is 20.7 Å². The van der Waals surface area contributed by atoms with Crippen molar-refractivity contribution in [3.63, 3.8) is 0 Å². The summed E-state index contributed by atoms with van der Waals surface area (Å²) in [5.41, 5.74) is 6.89. The maximum atomic E-state index is 12.3. The number of benzene rings is 1. The summed E-state index contributed by atoms with van der Waals surface area (Å²) < 4.78 is 10.2. The van der Waals surface area contributed by atoms with Crippen LogP contribution < -0.4 is 28.2 Å². The molecule has 0 fully saturated rings. The summed E-state index contributed by atoms with van der Waals surface area (Å²) in [6.45, 7) is 7.97. The highest BCUT2D eigenvalue weighted by atomic mass is 35.5. The molecule has 0 saturated heterocycles. The van der Waals surface area contributed by atoms with Gasteiger partial charge in [-0.2, -0.15) is 0 Å². The average molecular weight is 385 g/mol. The van der Waals surface area contributed by atoms with E-state index in [0.717, 1.165) is 11.3 Å². The van der Waals surface area contributed by atoms with E-state index < -0.39 is 18.1 Å². The first-order valence-corrected chi connectivity index (χ1v) is 8.33. The summed E-state index contributed by atoms with van der Waals surface area (Å²) in [6.07, 6.45) is 2.53. The molecular formula is C19H29ClN2O4. The Bertz CT molecular complexity index is 582. The summed E-state index contributed by atoms with van der Waals surface area (Å²) in [7, 11) is 1.30. The SMILES string of the molecule is C=CCOc1ccc(C[C@H](N)C(=O)N[C@@H](CC(C)C)C(=O)OC)cc1.[Cl-].[H+]. The van der Waals surface area contributed by atoms with Gasteiger partial charge < -0.3 is 32.9 Å². The Morgan fingerprint density at radius 2 is 1.92 bits per heavy atom. The number of nitrogens with two attached hydrogens (primary N) is 1. The van der Waals surface area contributed by atoms with Crippen molar-refractivity contribution in [3.05, 3.63) is 42.5 Å². The normalized spacial score (nSPS) is 12.5. The molecule has 146 valence electrons. The molecule has 1 aromatic rings. The van der Waals surface area contributed by atoms with E-state index >= 15 is 0 Å². The zero-order valence-electron chi connectivity index (χ0n) is 16.5. The third kappa shape index (κ3) is 8.36. The van der Waals surface area contributed by atoms with E-state index in [0.29, 0.717) is 19.4 Å². The van der Waals surface area contributed by atoms with Gasteiger partial charge >= 0.3 is 7.40 Å². The Balaban J connectivity index is 0. The topological polar surface area (TPSA) is 90.6 Å². The molecule has 26 heavy (non-hydrogen) atoms. The van der Waals surface area contributed by atoms with Crippen LogP contribution in [0.25, 0.3) is 0 Å². The molecule has 0 bridgehead atoms. The molecular weight excluding hydrogens is 356 g/mol. The van der Waals surface area contributed by atoms with Gasteiger partial charge in [-0.05, 0) is 36.5 Å². The highest BCUT2D eigenvalue weighted by Crippen LogP contribution is 2.13. The molecule has 0 spiro atoms. The Morgan fingerprint density at radius 3 is 2.42 bits per heavy atom. The van der Waals surface area contributed by atoms with E-state index in [9.17, 15) is 9.59 Å². The van der Waals surface area contributed by atoms with Gasteiger partial charge in [0.15, 0.2) is 0 Å². The average Bonchev–Trinajstić information content (AvgIpc) is 2.59. The molecule has 0 aromatic heterocycles. The first-order chi connectivity index (χ1) is 11.9. The van der Waals surface area contributed by atoms with Crippen molar-refractivity contribution < 1.29 is 32.9 Å². The third-order valence-electron chi connectivity index (χ3n) is 3.59. The van der Waals surface area contributed by atoms with E-state index in [1.54, 1.807) is 6.08 Å². The van der Waals surface area contributed by atoms with Gasteiger partial charge in [0.05, 0.1) is 13.2 Å². The van der Waals surface area contributed by atoms with Gasteiger partial charge in [-0.1, -0.05) is 38.6 Å². The molecule has 2 atom stereocenters. The van der Waals surface area contributed by atoms with Crippen molar-refractivity contribution >= 4 is 11.9 Å². The smallest absolute Gasteiger partial charge is 1.00 e. The number of amides is 1. The van der Waals surface area contributed by atoms with E-state index in [2.05, 4.69) is 11.9 Å². The molecule has 1 amide bonds.